The molecule has 0 fully saturated rings. The van der Waals surface area contributed by atoms with Crippen LogP contribution in [0.5, 0.6) is 0 Å². The molecule has 0 bridgehead atoms. The Kier molecular flexibility index (Phi) is 2.12. The number of benzene rings is 3. The van der Waals surface area contributed by atoms with Crippen LogP contribution in [0, 0.1) is 6.17 Å². The van der Waals surface area contributed by atoms with Crippen molar-refractivity contribution in [2.75, 3.05) is 4.90 Å². The highest BCUT2D eigenvalue weighted by Gasteiger charge is 2.41. The molecule has 0 N–H and O–H groups in total. The van der Waals surface area contributed by atoms with Crippen molar-refractivity contribution in [1.29, 1.82) is 0 Å². The molecule has 3 aromatic carbocycles. The molecule has 5 rings (SSSR count). The molecule has 2 nitrogen and oxygen atoms in total. The van der Waals surface area contributed by atoms with Crippen LogP contribution in [0.25, 0.3) is 11.1 Å². The molecule has 3 aromatic rings. The third kappa shape index (κ3) is 1.29. The average molecular weight is 282 g/mol. The van der Waals surface area contributed by atoms with E-state index in [1.165, 1.54) is 28.1 Å². The maximum Gasteiger partial charge on any atom is 0.222 e. The fourth-order valence-corrected chi connectivity index (χ4v) is 3.55. The van der Waals surface area contributed by atoms with Gasteiger partial charge in [0.15, 0.2) is 5.69 Å². The van der Waals surface area contributed by atoms with Gasteiger partial charge in [-0.1, -0.05) is 54.1 Å². The highest BCUT2D eigenvalue weighted by atomic mass is 15.4. The van der Waals surface area contributed by atoms with E-state index in [1.54, 1.807) is 0 Å². The minimum Gasteiger partial charge on any atom is -0.291 e. The molecule has 104 valence electrons. The number of hydrogen-bond donors (Lipinski definition) is 0. The van der Waals surface area contributed by atoms with Gasteiger partial charge in [0.1, 0.15) is 0 Å². The number of nitrogens with zero attached hydrogens (tertiary/aromatic N) is 2. The largest absolute Gasteiger partial charge is 0.291 e. The zero-order valence-corrected chi connectivity index (χ0v) is 12.0. The van der Waals surface area contributed by atoms with Crippen molar-refractivity contribution in [3.63, 3.8) is 0 Å². The second-order valence-corrected chi connectivity index (χ2v) is 5.64. The number of fused-ring (bicyclic) bond motifs is 8. The van der Waals surface area contributed by atoms with Crippen LogP contribution in [0.1, 0.15) is 5.56 Å². The van der Waals surface area contributed by atoms with Crippen molar-refractivity contribution < 1.29 is 4.58 Å². The molecule has 2 aliphatic heterocycles. The summed E-state index contributed by atoms with van der Waals surface area (Å²) >= 11 is 0. The molecule has 22 heavy (non-hydrogen) atoms. The topological polar surface area (TPSA) is 6.25 Å². The third-order valence-electron chi connectivity index (χ3n) is 4.48. The van der Waals surface area contributed by atoms with Gasteiger partial charge < -0.3 is 0 Å². The zero-order valence-electron chi connectivity index (χ0n) is 12.0. The van der Waals surface area contributed by atoms with Gasteiger partial charge in [-0.3, -0.25) is 4.90 Å². The Labute approximate surface area is 129 Å². The summed E-state index contributed by atoms with van der Waals surface area (Å²) in [5.74, 6) is 0. The summed E-state index contributed by atoms with van der Waals surface area (Å²) in [7, 11) is 0. The Hall–Kier alpha value is -3.00. The fourth-order valence-electron chi connectivity index (χ4n) is 3.55. The molecular weight excluding hydrogens is 268 g/mol. The highest BCUT2D eigenvalue weighted by molar-refractivity contribution is 5.94. The van der Waals surface area contributed by atoms with Crippen LogP contribution in [-0.2, 0) is 0 Å². The summed E-state index contributed by atoms with van der Waals surface area (Å²) in [6, 6.07) is 25.6. The summed E-state index contributed by atoms with van der Waals surface area (Å²) in [6.45, 7) is 4.29. The van der Waals surface area contributed by atoms with Gasteiger partial charge in [-0.15, -0.1) is 6.07 Å². The van der Waals surface area contributed by atoms with Gasteiger partial charge in [0.2, 0.25) is 6.17 Å². The lowest BCUT2D eigenvalue weighted by molar-refractivity contribution is -0.398. The van der Waals surface area contributed by atoms with Crippen LogP contribution in [0.4, 0.5) is 17.1 Å². The molecule has 0 aromatic heterocycles. The van der Waals surface area contributed by atoms with E-state index in [2.05, 4.69) is 84.4 Å². The predicted molar refractivity (Wildman–Crippen MR) is 89.8 cm³/mol. The number of rotatable bonds is 0. The highest BCUT2D eigenvalue weighted by Crippen LogP contribution is 2.54. The number of hydrogen-bond acceptors (Lipinski definition) is 1. The Balaban J connectivity index is 1.90. The molecule has 0 amide bonds. The average Bonchev–Trinajstić information content (AvgIpc) is 2.89. The zero-order chi connectivity index (χ0) is 14.7. The van der Waals surface area contributed by atoms with Gasteiger partial charge in [-0.2, -0.15) is 0 Å². The van der Waals surface area contributed by atoms with Crippen LogP contribution in [-0.4, -0.2) is 11.3 Å². The minimum absolute atomic E-state index is 1.13. The van der Waals surface area contributed by atoms with Crippen LogP contribution in [0.2, 0.25) is 0 Å². The second-order valence-electron chi connectivity index (χ2n) is 5.64. The SMILES string of the molecule is C=[N+]1c2ccccc2N2c3ccccc3-c3ccccc3[C-]21. The van der Waals surface area contributed by atoms with Gasteiger partial charge in [-0.05, 0) is 29.3 Å². The first kappa shape index (κ1) is 11.6. The van der Waals surface area contributed by atoms with Gasteiger partial charge >= 0.3 is 0 Å². The van der Waals surface area contributed by atoms with Crippen LogP contribution >= 0.6 is 0 Å². The molecule has 0 saturated carbocycles. The van der Waals surface area contributed by atoms with Crippen LogP contribution in [0.15, 0.2) is 72.8 Å². The Morgan fingerprint density at radius 3 is 2.23 bits per heavy atom. The first-order valence-corrected chi connectivity index (χ1v) is 7.42. The van der Waals surface area contributed by atoms with E-state index in [-0.39, 0.29) is 0 Å². The summed E-state index contributed by atoms with van der Waals surface area (Å²) in [5.41, 5.74) is 7.32. The lowest BCUT2D eigenvalue weighted by atomic mass is 9.91. The van der Waals surface area contributed by atoms with Crippen molar-refractivity contribution in [3.05, 3.63) is 84.5 Å². The maximum absolute atomic E-state index is 4.29. The number of para-hydroxylation sites is 3. The molecule has 2 heterocycles. The summed E-state index contributed by atoms with van der Waals surface area (Å²) in [5, 5.41) is 0. The molecular formula is C20H14N2. The van der Waals surface area contributed by atoms with Crippen molar-refractivity contribution >= 4 is 23.8 Å². The Morgan fingerprint density at radius 1 is 0.727 bits per heavy atom. The van der Waals surface area contributed by atoms with Gasteiger partial charge in [0, 0.05) is 5.69 Å². The van der Waals surface area contributed by atoms with Crippen molar-refractivity contribution in [2.45, 2.75) is 0 Å². The van der Waals surface area contributed by atoms with Gasteiger partial charge in [0.05, 0.1) is 12.4 Å². The molecule has 0 saturated heterocycles. The lowest BCUT2D eigenvalue weighted by Crippen LogP contribution is -2.29. The first-order chi connectivity index (χ1) is 10.9. The third-order valence-corrected chi connectivity index (χ3v) is 4.48. The van der Waals surface area contributed by atoms with Gasteiger partial charge in [0.25, 0.3) is 0 Å². The molecule has 2 aliphatic rings. The smallest absolute Gasteiger partial charge is 0.222 e. The van der Waals surface area contributed by atoms with Crippen molar-refractivity contribution in [3.8, 4) is 11.1 Å². The predicted octanol–water partition coefficient (Wildman–Crippen LogP) is 4.70. The molecule has 2 heteroatoms. The standard InChI is InChI=1S/C20H14N2/c1-21-18-12-6-7-13-19(18)22-17-11-5-4-9-15(17)14-8-2-3-10-16(14)20(21)22/h2-13H,1H2. The normalized spacial score (nSPS) is 14.3. The van der Waals surface area contributed by atoms with E-state index in [0.29, 0.717) is 0 Å². The van der Waals surface area contributed by atoms with E-state index < -0.39 is 0 Å². The van der Waals surface area contributed by atoms with Crippen molar-refractivity contribution in [1.82, 2.24) is 0 Å². The monoisotopic (exact) mass is 282 g/mol. The van der Waals surface area contributed by atoms with E-state index in [0.717, 1.165) is 11.9 Å². The Morgan fingerprint density at radius 2 is 1.36 bits per heavy atom. The molecule has 0 aliphatic carbocycles. The molecule has 0 radical (unpaired) electrons. The van der Waals surface area contributed by atoms with E-state index in [4.69, 9.17) is 0 Å². The number of anilines is 2. The maximum atomic E-state index is 4.29. The molecule has 0 atom stereocenters. The molecule has 0 unspecified atom stereocenters. The van der Waals surface area contributed by atoms with E-state index in [1.807, 2.05) is 4.58 Å². The van der Waals surface area contributed by atoms with E-state index in [9.17, 15) is 0 Å². The first-order valence-electron chi connectivity index (χ1n) is 7.42. The lowest BCUT2D eigenvalue weighted by Gasteiger charge is -2.34. The fraction of sp³-hybridized carbons (Fsp3) is 0. The Bertz CT molecular complexity index is 926. The van der Waals surface area contributed by atoms with Crippen molar-refractivity contribution in [2.24, 2.45) is 0 Å². The van der Waals surface area contributed by atoms with Crippen LogP contribution < -0.4 is 4.90 Å². The molecule has 0 spiro atoms. The quantitative estimate of drug-likeness (QED) is 0.428. The summed E-state index contributed by atoms with van der Waals surface area (Å²) in [6.07, 6.45) is 1.13. The van der Waals surface area contributed by atoms with Crippen LogP contribution in [0.3, 0.4) is 0 Å². The van der Waals surface area contributed by atoms with Gasteiger partial charge in [-0.25, -0.2) is 4.58 Å². The second kappa shape index (κ2) is 4.01. The summed E-state index contributed by atoms with van der Waals surface area (Å²) < 4.78 is 2.05. The summed E-state index contributed by atoms with van der Waals surface area (Å²) in [4.78, 5) is 2.32. The van der Waals surface area contributed by atoms with E-state index >= 15 is 0 Å². The minimum atomic E-state index is 1.13.